The first kappa shape index (κ1) is 26.4. The van der Waals surface area contributed by atoms with Crippen molar-refractivity contribution in [3.63, 3.8) is 0 Å². The summed E-state index contributed by atoms with van der Waals surface area (Å²) in [6.45, 7) is 1.86. The quantitative estimate of drug-likeness (QED) is 0.230. The second-order valence-electron chi connectivity index (χ2n) is 8.85. The first-order chi connectivity index (χ1) is 18.0. The summed E-state index contributed by atoms with van der Waals surface area (Å²) in [6, 6.07) is 29.0. The molecule has 0 aromatic heterocycles. The number of benzene rings is 4. The van der Waals surface area contributed by atoms with Crippen LogP contribution in [0.1, 0.15) is 25.5 Å². The molecule has 0 amide bonds. The van der Waals surface area contributed by atoms with Gasteiger partial charge in [-0.15, -0.1) is 0 Å². The molecule has 0 saturated carbocycles. The van der Waals surface area contributed by atoms with Crippen LogP contribution in [-0.2, 0) is 16.1 Å². The van der Waals surface area contributed by atoms with Gasteiger partial charge in [0.2, 0.25) is 5.96 Å². The Morgan fingerprint density at radius 1 is 0.947 bits per heavy atom. The predicted octanol–water partition coefficient (Wildman–Crippen LogP) is 5.49. The number of carbonyl (C=O) groups is 1. The molecule has 0 bridgehead atoms. The molecular weight excluding hydrogens is 478 g/mol. The second-order valence-corrected chi connectivity index (χ2v) is 8.85. The molecule has 1 aliphatic heterocycles. The topological polar surface area (TPSA) is 138 Å². The van der Waals surface area contributed by atoms with Crippen molar-refractivity contribution in [2.45, 2.75) is 19.6 Å². The van der Waals surface area contributed by atoms with Crippen LogP contribution in [0.3, 0.4) is 0 Å². The third kappa shape index (κ3) is 5.08. The highest BCUT2D eigenvalue weighted by Gasteiger charge is 2.35. The van der Waals surface area contributed by atoms with E-state index in [9.17, 15) is 4.79 Å². The molecule has 196 valence electrons. The number of nitrogens with two attached hydrogens (primary N) is 2. The summed E-state index contributed by atoms with van der Waals surface area (Å²) in [5, 5.41) is 3.35. The zero-order chi connectivity index (χ0) is 25.9. The number of esters is 1. The number of methoxy groups -OCH3 is 1. The number of guanidine groups is 1. The lowest BCUT2D eigenvalue weighted by Crippen LogP contribution is -2.49. The fraction of sp³-hybridized carbons (Fsp3) is 0.133. The standard InChI is InChI=1S/C30H28N4O3.H3N.H2/c1-19-27(28(34(32)30(31)33-19)26-9-5-7-23-6-3-4-8-25(23)26)29(35)37-18-20-10-12-21(13-11-20)22-14-16-24(36-2)17-15-22;;/h3-17,28H,18,32H2,1-2H3,(H2,31,33);1H3;1H. The third-order valence-electron chi connectivity index (χ3n) is 6.57. The van der Waals surface area contributed by atoms with Gasteiger partial charge in [-0.2, -0.15) is 0 Å². The third-order valence-corrected chi connectivity index (χ3v) is 6.57. The van der Waals surface area contributed by atoms with Gasteiger partial charge < -0.3 is 21.4 Å². The van der Waals surface area contributed by atoms with E-state index in [1.165, 1.54) is 5.01 Å². The van der Waals surface area contributed by atoms with Crippen LogP contribution in [0, 0.1) is 0 Å². The summed E-state index contributed by atoms with van der Waals surface area (Å²) in [6.07, 6.45) is 0. The minimum absolute atomic E-state index is 0. The molecule has 5 rings (SSSR count). The summed E-state index contributed by atoms with van der Waals surface area (Å²) in [5.41, 5.74) is 10.8. The fourth-order valence-electron chi connectivity index (χ4n) is 4.62. The van der Waals surface area contributed by atoms with Crippen LogP contribution in [-0.4, -0.2) is 24.0 Å². The lowest BCUT2D eigenvalue weighted by molar-refractivity contribution is -0.141. The van der Waals surface area contributed by atoms with Crippen LogP contribution in [0.25, 0.3) is 21.9 Å². The van der Waals surface area contributed by atoms with E-state index in [1.807, 2.05) is 91.0 Å². The average molecular weight is 512 g/mol. The van der Waals surface area contributed by atoms with Crippen molar-refractivity contribution >= 4 is 22.7 Å². The molecule has 0 spiro atoms. The van der Waals surface area contributed by atoms with Crippen molar-refractivity contribution in [3.8, 4) is 16.9 Å². The van der Waals surface area contributed by atoms with Crippen LogP contribution >= 0.6 is 0 Å². The maximum Gasteiger partial charge on any atom is 0.338 e. The van der Waals surface area contributed by atoms with E-state index in [-0.39, 0.29) is 20.1 Å². The number of hydrogen-bond acceptors (Lipinski definition) is 8. The molecule has 0 aliphatic carbocycles. The number of nitrogens with zero attached hydrogens (tertiary/aromatic N) is 2. The minimum atomic E-state index is -0.631. The first-order valence-electron chi connectivity index (χ1n) is 11.9. The average Bonchev–Trinajstić information content (AvgIpc) is 2.93. The molecule has 0 fully saturated rings. The van der Waals surface area contributed by atoms with Crippen LogP contribution in [0.15, 0.2) is 107 Å². The zero-order valence-electron chi connectivity index (χ0n) is 21.4. The number of allylic oxidation sites excluding steroid dienone is 1. The Labute approximate surface area is 223 Å². The van der Waals surface area contributed by atoms with E-state index < -0.39 is 12.0 Å². The molecule has 8 nitrogen and oxygen atoms in total. The van der Waals surface area contributed by atoms with Gasteiger partial charge in [0.15, 0.2) is 0 Å². The predicted molar refractivity (Wildman–Crippen MR) is 152 cm³/mol. The van der Waals surface area contributed by atoms with Gasteiger partial charge in [-0.3, -0.25) is 5.01 Å². The molecule has 7 N–H and O–H groups in total. The number of fused-ring (bicyclic) bond motifs is 1. The van der Waals surface area contributed by atoms with Crippen molar-refractivity contribution in [2.75, 3.05) is 7.11 Å². The molecule has 1 heterocycles. The molecule has 1 aliphatic rings. The highest BCUT2D eigenvalue weighted by Crippen LogP contribution is 2.37. The second kappa shape index (κ2) is 11.2. The highest BCUT2D eigenvalue weighted by molar-refractivity contribution is 5.97. The molecule has 1 atom stereocenters. The van der Waals surface area contributed by atoms with Crippen molar-refractivity contribution < 1.29 is 15.7 Å². The molecule has 8 heteroatoms. The van der Waals surface area contributed by atoms with Crippen LogP contribution in [0.4, 0.5) is 0 Å². The Balaban J connectivity index is 0.00000210. The van der Waals surface area contributed by atoms with Gasteiger partial charge >= 0.3 is 5.97 Å². The summed E-state index contributed by atoms with van der Waals surface area (Å²) >= 11 is 0. The highest BCUT2D eigenvalue weighted by atomic mass is 16.5. The Bertz CT molecular complexity index is 1510. The van der Waals surface area contributed by atoms with E-state index in [0.717, 1.165) is 38.8 Å². The van der Waals surface area contributed by atoms with Gasteiger partial charge in [0, 0.05) is 1.43 Å². The number of rotatable bonds is 6. The maximum absolute atomic E-state index is 13.4. The normalized spacial score (nSPS) is 15.1. The molecule has 0 saturated heterocycles. The molecule has 4 aromatic carbocycles. The first-order valence-corrected chi connectivity index (χ1v) is 11.9. The zero-order valence-corrected chi connectivity index (χ0v) is 21.4. The smallest absolute Gasteiger partial charge is 0.338 e. The van der Waals surface area contributed by atoms with Crippen LogP contribution in [0.2, 0.25) is 0 Å². The summed E-state index contributed by atoms with van der Waals surface area (Å²) in [5.74, 6) is 6.83. The van der Waals surface area contributed by atoms with Crippen molar-refractivity contribution in [1.82, 2.24) is 11.2 Å². The van der Waals surface area contributed by atoms with Gasteiger partial charge in [-0.05, 0) is 52.1 Å². The van der Waals surface area contributed by atoms with Crippen molar-refractivity contribution in [2.24, 2.45) is 16.6 Å². The molecule has 0 radical (unpaired) electrons. The molecule has 38 heavy (non-hydrogen) atoms. The van der Waals surface area contributed by atoms with Crippen molar-refractivity contribution in [1.29, 1.82) is 0 Å². The fourth-order valence-corrected chi connectivity index (χ4v) is 4.62. The van der Waals surface area contributed by atoms with Gasteiger partial charge in [-0.1, -0.05) is 78.9 Å². The Hall–Kier alpha value is -4.66. The monoisotopic (exact) mass is 511 g/mol. The SMILES string of the molecule is COc1ccc(-c2ccc(COC(=O)C3=C(C)N=C(N)N(N)C3c3cccc4ccccc34)cc2)cc1.N.[HH]. The van der Waals surface area contributed by atoms with Gasteiger partial charge in [0.1, 0.15) is 18.4 Å². The molecule has 4 aromatic rings. The lowest BCUT2D eigenvalue weighted by Gasteiger charge is -2.34. The van der Waals surface area contributed by atoms with E-state index in [4.69, 9.17) is 21.1 Å². The Kier molecular flexibility index (Phi) is 7.76. The van der Waals surface area contributed by atoms with E-state index in [2.05, 4.69) is 4.99 Å². The van der Waals surface area contributed by atoms with Crippen LogP contribution in [0.5, 0.6) is 5.75 Å². The van der Waals surface area contributed by atoms with E-state index in [0.29, 0.717) is 11.3 Å². The number of aliphatic imine (C=N–C) groups is 1. The van der Waals surface area contributed by atoms with Crippen LogP contribution < -0.4 is 22.5 Å². The number of ether oxygens (including phenoxy) is 2. The number of hydrogen-bond donors (Lipinski definition) is 3. The van der Waals surface area contributed by atoms with E-state index >= 15 is 0 Å². The Morgan fingerprint density at radius 2 is 1.58 bits per heavy atom. The van der Waals surface area contributed by atoms with Gasteiger partial charge in [0.25, 0.3) is 0 Å². The van der Waals surface area contributed by atoms with Gasteiger partial charge in [0.05, 0.1) is 18.4 Å². The molecule has 1 unspecified atom stereocenters. The van der Waals surface area contributed by atoms with Crippen molar-refractivity contribution in [3.05, 3.63) is 113 Å². The van der Waals surface area contributed by atoms with Gasteiger partial charge in [-0.25, -0.2) is 15.6 Å². The largest absolute Gasteiger partial charge is 0.497 e. The summed E-state index contributed by atoms with van der Waals surface area (Å²) < 4.78 is 11.0. The lowest BCUT2D eigenvalue weighted by atomic mass is 9.91. The number of carbonyl (C=O) groups excluding carboxylic acids is 1. The molecular formula is C30H33N5O3. The minimum Gasteiger partial charge on any atom is -0.497 e. The summed E-state index contributed by atoms with van der Waals surface area (Å²) in [7, 11) is 1.65. The summed E-state index contributed by atoms with van der Waals surface area (Å²) in [4.78, 5) is 17.7. The Morgan fingerprint density at radius 3 is 2.26 bits per heavy atom. The maximum atomic E-state index is 13.4. The van der Waals surface area contributed by atoms with E-state index in [1.54, 1.807) is 14.0 Å². The number of hydrazine groups is 1.